The maximum Gasteiger partial charge on any atom is 0.273 e. The van der Waals surface area contributed by atoms with Crippen LogP contribution in [0.1, 0.15) is 35.5 Å². The summed E-state index contributed by atoms with van der Waals surface area (Å²) in [5.41, 5.74) is 1.03. The Balaban J connectivity index is 1.32. The van der Waals surface area contributed by atoms with Gasteiger partial charge in [0.15, 0.2) is 5.13 Å². The van der Waals surface area contributed by atoms with E-state index in [0.29, 0.717) is 35.4 Å². The molecule has 0 radical (unpaired) electrons. The number of furan rings is 1. The van der Waals surface area contributed by atoms with Gasteiger partial charge >= 0.3 is 0 Å². The van der Waals surface area contributed by atoms with E-state index in [4.69, 9.17) is 4.42 Å². The van der Waals surface area contributed by atoms with E-state index < -0.39 is 0 Å². The number of carbonyl (C=O) groups is 2. The number of aromatic nitrogens is 1. The Morgan fingerprint density at radius 2 is 2.03 bits per heavy atom. The maximum absolute atomic E-state index is 13.0. The number of rotatable bonds is 9. The lowest BCUT2D eigenvalue weighted by atomic mass is 10.3. The summed E-state index contributed by atoms with van der Waals surface area (Å²) in [5.74, 6) is 0.0486. The third-order valence-electron chi connectivity index (χ3n) is 4.69. The predicted molar refractivity (Wildman–Crippen MR) is 111 cm³/mol. The molecule has 9 heteroatoms. The molecule has 0 atom stereocenters. The number of halogens is 1. The second kappa shape index (κ2) is 9.08. The minimum absolute atomic E-state index is 0.137. The van der Waals surface area contributed by atoms with E-state index in [0.717, 1.165) is 12.8 Å². The van der Waals surface area contributed by atoms with Crippen LogP contribution in [0, 0.1) is 5.82 Å². The van der Waals surface area contributed by atoms with Gasteiger partial charge in [0.25, 0.3) is 5.91 Å². The van der Waals surface area contributed by atoms with Gasteiger partial charge in [-0.15, -0.1) is 11.3 Å². The minimum Gasteiger partial charge on any atom is -0.467 e. The number of nitrogens with one attached hydrogen (secondary N) is 2. The fourth-order valence-corrected chi connectivity index (χ4v) is 3.68. The zero-order valence-corrected chi connectivity index (χ0v) is 17.0. The normalized spacial score (nSPS) is 13.1. The third kappa shape index (κ3) is 5.24. The molecule has 4 rings (SSSR count). The first-order valence-electron chi connectivity index (χ1n) is 9.66. The number of anilines is 2. The molecule has 1 aliphatic carbocycles. The van der Waals surface area contributed by atoms with Crippen molar-refractivity contribution in [1.82, 2.24) is 15.2 Å². The van der Waals surface area contributed by atoms with Crippen LogP contribution in [-0.2, 0) is 11.3 Å². The molecule has 0 spiro atoms. The molecule has 0 bridgehead atoms. The van der Waals surface area contributed by atoms with Crippen LogP contribution in [0.25, 0.3) is 0 Å². The van der Waals surface area contributed by atoms with Crippen molar-refractivity contribution in [3.05, 3.63) is 65.3 Å². The largest absolute Gasteiger partial charge is 0.467 e. The number of carbonyl (C=O) groups excluding carboxylic acids is 2. The van der Waals surface area contributed by atoms with Crippen LogP contribution < -0.4 is 10.6 Å². The molecule has 2 aromatic heterocycles. The van der Waals surface area contributed by atoms with Gasteiger partial charge in [0.1, 0.15) is 17.3 Å². The Hall–Kier alpha value is -3.20. The van der Waals surface area contributed by atoms with Gasteiger partial charge in [-0.3, -0.25) is 9.59 Å². The van der Waals surface area contributed by atoms with E-state index in [1.54, 1.807) is 40.8 Å². The van der Waals surface area contributed by atoms with Crippen molar-refractivity contribution < 1.29 is 18.4 Å². The van der Waals surface area contributed by atoms with Crippen molar-refractivity contribution in [3.8, 4) is 0 Å². The highest BCUT2D eigenvalue weighted by Crippen LogP contribution is 2.29. The Morgan fingerprint density at radius 1 is 1.23 bits per heavy atom. The fraction of sp³-hybridized carbons (Fsp3) is 0.286. The number of benzene rings is 1. The summed E-state index contributed by atoms with van der Waals surface area (Å²) in [6.45, 7) is 0.666. The molecule has 1 fully saturated rings. The quantitative estimate of drug-likeness (QED) is 0.539. The van der Waals surface area contributed by atoms with Gasteiger partial charge in [-0.05, 0) is 49.2 Å². The Bertz CT molecular complexity index is 1000. The van der Waals surface area contributed by atoms with Gasteiger partial charge in [-0.1, -0.05) is 0 Å². The predicted octanol–water partition coefficient (Wildman–Crippen LogP) is 3.93. The molecule has 30 heavy (non-hydrogen) atoms. The van der Waals surface area contributed by atoms with Crippen LogP contribution >= 0.6 is 11.3 Å². The molecule has 0 saturated heterocycles. The van der Waals surface area contributed by atoms with E-state index in [9.17, 15) is 14.0 Å². The zero-order chi connectivity index (χ0) is 20.9. The third-order valence-corrected chi connectivity index (χ3v) is 5.44. The minimum atomic E-state index is -0.316. The molecule has 1 aliphatic rings. The van der Waals surface area contributed by atoms with Crippen LogP contribution in [0.15, 0.2) is 52.5 Å². The molecule has 1 aromatic carbocycles. The lowest BCUT2D eigenvalue weighted by Gasteiger charge is -2.21. The van der Waals surface area contributed by atoms with Gasteiger partial charge in [0, 0.05) is 30.1 Å². The Kier molecular flexibility index (Phi) is 6.08. The topological polar surface area (TPSA) is 87.5 Å². The highest BCUT2D eigenvalue weighted by molar-refractivity contribution is 7.14. The number of hydrogen-bond donors (Lipinski definition) is 2. The van der Waals surface area contributed by atoms with E-state index in [-0.39, 0.29) is 30.1 Å². The Morgan fingerprint density at radius 3 is 2.73 bits per heavy atom. The van der Waals surface area contributed by atoms with Gasteiger partial charge in [0.2, 0.25) is 5.91 Å². The summed E-state index contributed by atoms with van der Waals surface area (Å²) < 4.78 is 18.2. The van der Waals surface area contributed by atoms with Crippen LogP contribution in [0.3, 0.4) is 0 Å². The molecule has 2 amide bonds. The van der Waals surface area contributed by atoms with Crippen LogP contribution in [-0.4, -0.2) is 34.3 Å². The Labute approximate surface area is 176 Å². The molecule has 0 aliphatic heterocycles. The number of amides is 2. The smallest absolute Gasteiger partial charge is 0.273 e. The molecule has 2 heterocycles. The van der Waals surface area contributed by atoms with Crippen molar-refractivity contribution >= 4 is 34.0 Å². The molecule has 2 N–H and O–H groups in total. The monoisotopic (exact) mass is 428 g/mol. The molecule has 156 valence electrons. The lowest BCUT2D eigenvalue weighted by molar-refractivity contribution is -0.121. The van der Waals surface area contributed by atoms with Crippen molar-refractivity contribution in [2.75, 3.05) is 11.9 Å². The molecule has 0 unspecified atom stereocenters. The zero-order valence-electron chi connectivity index (χ0n) is 16.1. The summed E-state index contributed by atoms with van der Waals surface area (Å²) in [4.78, 5) is 31.2. The van der Waals surface area contributed by atoms with E-state index >= 15 is 0 Å². The van der Waals surface area contributed by atoms with Gasteiger partial charge in [-0.25, -0.2) is 9.37 Å². The highest BCUT2D eigenvalue weighted by atomic mass is 32.1. The summed E-state index contributed by atoms with van der Waals surface area (Å²) in [5, 5.41) is 8.11. The fourth-order valence-electron chi connectivity index (χ4n) is 2.98. The molecule has 1 saturated carbocycles. The van der Waals surface area contributed by atoms with Crippen molar-refractivity contribution in [2.45, 2.75) is 31.8 Å². The summed E-state index contributed by atoms with van der Waals surface area (Å²) in [6, 6.07) is 9.64. The summed E-state index contributed by atoms with van der Waals surface area (Å²) in [7, 11) is 0. The highest BCUT2D eigenvalue weighted by Gasteiger charge is 2.34. The molecular weight excluding hydrogens is 407 g/mol. The number of hydrogen-bond acceptors (Lipinski definition) is 6. The van der Waals surface area contributed by atoms with Crippen molar-refractivity contribution in [1.29, 1.82) is 0 Å². The average molecular weight is 428 g/mol. The van der Waals surface area contributed by atoms with Gasteiger partial charge in [0.05, 0.1) is 12.8 Å². The van der Waals surface area contributed by atoms with E-state index in [1.807, 2.05) is 0 Å². The summed E-state index contributed by atoms with van der Waals surface area (Å²) in [6.07, 6.45) is 3.64. The van der Waals surface area contributed by atoms with E-state index in [2.05, 4.69) is 15.6 Å². The van der Waals surface area contributed by atoms with Crippen molar-refractivity contribution in [2.24, 2.45) is 0 Å². The van der Waals surface area contributed by atoms with Crippen LogP contribution in [0.2, 0.25) is 0 Å². The number of thiazole rings is 1. The first-order chi connectivity index (χ1) is 14.6. The number of nitrogens with zero attached hydrogens (tertiary/aromatic N) is 2. The summed E-state index contributed by atoms with van der Waals surface area (Å²) >= 11 is 1.30. The second-order valence-corrected chi connectivity index (χ2v) is 7.86. The van der Waals surface area contributed by atoms with Crippen molar-refractivity contribution in [3.63, 3.8) is 0 Å². The SMILES string of the molecule is O=C(CCN(C(=O)c1csc(Nc2ccc(F)cc2)n1)C1CC1)NCc1ccco1. The standard InChI is InChI=1S/C21H21FN4O3S/c22-14-3-5-15(6-4-14)24-21-25-18(13-30-21)20(28)26(16-7-8-16)10-9-19(27)23-12-17-2-1-11-29-17/h1-6,11,13,16H,7-10,12H2,(H,23,27)(H,24,25). The average Bonchev–Trinajstić information content (AvgIpc) is 3.24. The molecule has 7 nitrogen and oxygen atoms in total. The van der Waals surface area contributed by atoms with Gasteiger partial charge < -0.3 is 20.0 Å². The molecule has 3 aromatic rings. The molecular formula is C21H21FN4O3S. The van der Waals surface area contributed by atoms with Crippen LogP contribution in [0.4, 0.5) is 15.2 Å². The van der Waals surface area contributed by atoms with Crippen LogP contribution in [0.5, 0.6) is 0 Å². The van der Waals surface area contributed by atoms with E-state index in [1.165, 1.54) is 23.5 Å². The first kappa shape index (κ1) is 20.1. The first-order valence-corrected chi connectivity index (χ1v) is 10.5. The maximum atomic E-state index is 13.0. The lowest BCUT2D eigenvalue weighted by Crippen LogP contribution is -2.37. The van der Waals surface area contributed by atoms with Gasteiger partial charge in [-0.2, -0.15) is 0 Å². The second-order valence-electron chi connectivity index (χ2n) is 7.01.